The number of rotatable bonds is 6. The van der Waals surface area contributed by atoms with E-state index in [-0.39, 0.29) is 5.91 Å². The van der Waals surface area contributed by atoms with Gasteiger partial charge in [0.05, 0.1) is 12.8 Å². The normalized spacial score (nSPS) is 10.4. The van der Waals surface area contributed by atoms with Gasteiger partial charge in [0.2, 0.25) is 0 Å². The van der Waals surface area contributed by atoms with Crippen molar-refractivity contribution in [3.8, 4) is 5.75 Å². The minimum Gasteiger partial charge on any atom is -0.495 e. The van der Waals surface area contributed by atoms with Gasteiger partial charge >= 0.3 is 0 Å². The van der Waals surface area contributed by atoms with Gasteiger partial charge in [-0.1, -0.05) is 60.1 Å². The molecule has 3 rings (SSSR count). The van der Waals surface area contributed by atoms with Crippen LogP contribution in [0.4, 0.5) is 5.69 Å². The van der Waals surface area contributed by atoms with Gasteiger partial charge in [-0.3, -0.25) is 4.79 Å². The molecule has 0 saturated carbocycles. The Morgan fingerprint density at radius 2 is 1.69 bits per heavy atom. The van der Waals surface area contributed by atoms with Gasteiger partial charge < -0.3 is 10.1 Å². The van der Waals surface area contributed by atoms with Crippen LogP contribution in [0, 0.1) is 0 Å². The highest BCUT2D eigenvalue weighted by atomic mass is 35.5. The van der Waals surface area contributed by atoms with Gasteiger partial charge in [-0.2, -0.15) is 0 Å². The molecule has 0 heterocycles. The number of halogens is 1. The summed E-state index contributed by atoms with van der Waals surface area (Å²) in [5, 5.41) is 3.45. The number of hydrogen-bond acceptors (Lipinski definition) is 2. The first-order valence-corrected chi connectivity index (χ1v) is 8.82. The SMILES string of the molecule is COc1ccc(Cl)cc1NC(=O)c1ccccc1CCc1ccccc1. The fraction of sp³-hybridized carbons (Fsp3) is 0.136. The van der Waals surface area contributed by atoms with E-state index in [0.717, 1.165) is 18.4 Å². The van der Waals surface area contributed by atoms with Crippen LogP contribution in [0.25, 0.3) is 0 Å². The van der Waals surface area contributed by atoms with Crippen molar-refractivity contribution < 1.29 is 9.53 Å². The molecule has 132 valence electrons. The van der Waals surface area contributed by atoms with Crippen LogP contribution in [0.2, 0.25) is 5.02 Å². The van der Waals surface area contributed by atoms with E-state index < -0.39 is 0 Å². The summed E-state index contributed by atoms with van der Waals surface area (Å²) in [6, 6.07) is 23.1. The summed E-state index contributed by atoms with van der Waals surface area (Å²) < 4.78 is 5.30. The Morgan fingerprint density at radius 3 is 2.46 bits per heavy atom. The topological polar surface area (TPSA) is 38.3 Å². The lowest BCUT2D eigenvalue weighted by Gasteiger charge is -2.13. The molecule has 0 bridgehead atoms. The molecule has 4 heteroatoms. The van der Waals surface area contributed by atoms with Gasteiger partial charge in [-0.25, -0.2) is 0 Å². The molecule has 0 aromatic heterocycles. The molecule has 0 aliphatic rings. The number of benzene rings is 3. The molecule has 0 saturated heterocycles. The summed E-state index contributed by atoms with van der Waals surface area (Å²) in [5.41, 5.74) is 3.47. The standard InChI is InChI=1S/C22H20ClNO2/c1-26-21-14-13-18(23)15-20(21)24-22(25)19-10-6-5-9-17(19)12-11-16-7-3-2-4-8-16/h2-10,13-15H,11-12H2,1H3,(H,24,25). The summed E-state index contributed by atoms with van der Waals surface area (Å²) in [4.78, 5) is 12.8. The fourth-order valence-corrected chi connectivity index (χ4v) is 3.02. The van der Waals surface area contributed by atoms with Crippen molar-refractivity contribution >= 4 is 23.2 Å². The van der Waals surface area contributed by atoms with Crippen molar-refractivity contribution in [3.63, 3.8) is 0 Å². The van der Waals surface area contributed by atoms with Gasteiger partial charge in [0.15, 0.2) is 0 Å². The fourth-order valence-electron chi connectivity index (χ4n) is 2.85. The van der Waals surface area contributed by atoms with Crippen LogP contribution in [0.15, 0.2) is 72.8 Å². The second-order valence-electron chi connectivity index (χ2n) is 5.94. The van der Waals surface area contributed by atoms with E-state index in [1.807, 2.05) is 42.5 Å². The number of aryl methyl sites for hydroxylation is 2. The first kappa shape index (κ1) is 18.0. The van der Waals surface area contributed by atoms with Crippen LogP contribution >= 0.6 is 11.6 Å². The summed E-state index contributed by atoms with van der Waals surface area (Å²) in [5.74, 6) is 0.402. The summed E-state index contributed by atoms with van der Waals surface area (Å²) in [6.07, 6.45) is 1.67. The molecule has 0 spiro atoms. The first-order valence-electron chi connectivity index (χ1n) is 8.44. The second kappa shape index (κ2) is 8.54. The van der Waals surface area contributed by atoms with E-state index in [2.05, 4.69) is 17.4 Å². The highest BCUT2D eigenvalue weighted by Crippen LogP contribution is 2.28. The zero-order valence-electron chi connectivity index (χ0n) is 14.5. The number of nitrogens with one attached hydrogen (secondary N) is 1. The molecule has 1 amide bonds. The average molecular weight is 366 g/mol. The maximum atomic E-state index is 12.8. The minimum atomic E-state index is -0.172. The van der Waals surface area contributed by atoms with Gasteiger partial charge in [0.25, 0.3) is 5.91 Å². The van der Waals surface area contributed by atoms with E-state index >= 15 is 0 Å². The molecule has 26 heavy (non-hydrogen) atoms. The first-order chi connectivity index (χ1) is 12.7. The number of hydrogen-bond donors (Lipinski definition) is 1. The molecule has 0 aliphatic carbocycles. The molecule has 1 N–H and O–H groups in total. The Bertz CT molecular complexity index is 894. The number of methoxy groups -OCH3 is 1. The van der Waals surface area contributed by atoms with Gasteiger partial charge in [-0.15, -0.1) is 0 Å². The predicted molar refractivity (Wildman–Crippen MR) is 106 cm³/mol. The van der Waals surface area contributed by atoms with Crippen LogP contribution in [-0.2, 0) is 12.8 Å². The molecule has 0 radical (unpaired) electrons. The number of carbonyl (C=O) groups excluding carboxylic acids is 1. The largest absolute Gasteiger partial charge is 0.495 e. The number of ether oxygens (including phenoxy) is 1. The lowest BCUT2D eigenvalue weighted by atomic mass is 9.99. The third-order valence-electron chi connectivity index (χ3n) is 4.20. The van der Waals surface area contributed by atoms with Crippen LogP contribution < -0.4 is 10.1 Å². The Labute approximate surface area is 158 Å². The van der Waals surface area contributed by atoms with E-state index in [1.165, 1.54) is 5.56 Å². The summed E-state index contributed by atoms with van der Waals surface area (Å²) in [7, 11) is 1.56. The molecule has 3 aromatic rings. The Morgan fingerprint density at radius 1 is 0.962 bits per heavy atom. The molecule has 0 fully saturated rings. The van der Waals surface area contributed by atoms with Crippen LogP contribution in [0.5, 0.6) is 5.75 Å². The van der Waals surface area contributed by atoms with Gasteiger partial charge in [-0.05, 0) is 48.2 Å². The summed E-state index contributed by atoms with van der Waals surface area (Å²) >= 11 is 6.05. The van der Waals surface area contributed by atoms with Gasteiger partial charge in [0.1, 0.15) is 5.75 Å². The van der Waals surface area contributed by atoms with Crippen molar-refractivity contribution in [1.82, 2.24) is 0 Å². The van der Waals surface area contributed by atoms with E-state index in [0.29, 0.717) is 22.0 Å². The number of carbonyl (C=O) groups is 1. The van der Waals surface area contributed by atoms with Crippen LogP contribution in [0.3, 0.4) is 0 Å². The average Bonchev–Trinajstić information content (AvgIpc) is 2.67. The minimum absolute atomic E-state index is 0.172. The second-order valence-corrected chi connectivity index (χ2v) is 6.38. The van der Waals surface area contributed by atoms with E-state index in [4.69, 9.17) is 16.3 Å². The Balaban J connectivity index is 1.79. The quantitative estimate of drug-likeness (QED) is 0.636. The van der Waals surface area contributed by atoms with E-state index in [9.17, 15) is 4.79 Å². The maximum Gasteiger partial charge on any atom is 0.256 e. The van der Waals surface area contributed by atoms with Crippen molar-refractivity contribution in [1.29, 1.82) is 0 Å². The lowest BCUT2D eigenvalue weighted by molar-refractivity contribution is 0.102. The number of amides is 1. The van der Waals surface area contributed by atoms with Crippen molar-refractivity contribution in [2.24, 2.45) is 0 Å². The molecule has 3 nitrogen and oxygen atoms in total. The zero-order valence-corrected chi connectivity index (χ0v) is 15.3. The lowest BCUT2D eigenvalue weighted by Crippen LogP contribution is -2.15. The predicted octanol–water partition coefficient (Wildman–Crippen LogP) is 5.39. The van der Waals surface area contributed by atoms with Crippen molar-refractivity contribution in [2.75, 3.05) is 12.4 Å². The highest BCUT2D eigenvalue weighted by molar-refractivity contribution is 6.31. The maximum absolute atomic E-state index is 12.8. The van der Waals surface area contributed by atoms with E-state index in [1.54, 1.807) is 25.3 Å². The van der Waals surface area contributed by atoms with Crippen LogP contribution in [-0.4, -0.2) is 13.0 Å². The Hall–Kier alpha value is -2.78. The van der Waals surface area contributed by atoms with Gasteiger partial charge in [0, 0.05) is 10.6 Å². The molecule has 0 aliphatic heterocycles. The number of anilines is 1. The molecule has 0 atom stereocenters. The smallest absolute Gasteiger partial charge is 0.256 e. The highest BCUT2D eigenvalue weighted by Gasteiger charge is 2.14. The summed E-state index contributed by atoms with van der Waals surface area (Å²) in [6.45, 7) is 0. The third kappa shape index (κ3) is 4.44. The molecule has 3 aromatic carbocycles. The monoisotopic (exact) mass is 365 g/mol. The van der Waals surface area contributed by atoms with Crippen molar-refractivity contribution in [2.45, 2.75) is 12.8 Å². The molecular formula is C22H20ClNO2. The van der Waals surface area contributed by atoms with Crippen LogP contribution in [0.1, 0.15) is 21.5 Å². The molecular weight excluding hydrogens is 346 g/mol. The Kier molecular flexibility index (Phi) is 5.92. The third-order valence-corrected chi connectivity index (χ3v) is 4.43. The molecule has 0 unspecified atom stereocenters. The zero-order chi connectivity index (χ0) is 18.4. The van der Waals surface area contributed by atoms with Crippen molar-refractivity contribution in [3.05, 3.63) is 94.5 Å².